The number of carbonyl (C=O) groups excluding carboxylic acids is 2. The summed E-state index contributed by atoms with van der Waals surface area (Å²) in [5, 5.41) is 21.7. The van der Waals surface area contributed by atoms with E-state index < -0.39 is 23.8 Å². The lowest BCUT2D eigenvalue weighted by Gasteiger charge is -2.10. The molecule has 24 heavy (non-hydrogen) atoms. The molecule has 0 radical (unpaired) electrons. The van der Waals surface area contributed by atoms with E-state index in [1.54, 1.807) is 0 Å². The van der Waals surface area contributed by atoms with Gasteiger partial charge in [0.2, 0.25) is 11.8 Å². The van der Waals surface area contributed by atoms with Crippen molar-refractivity contribution < 1.29 is 34.1 Å². The van der Waals surface area contributed by atoms with Crippen LogP contribution in [-0.2, 0) is 19.2 Å². The van der Waals surface area contributed by atoms with Crippen molar-refractivity contribution in [2.45, 2.75) is 0 Å². The highest BCUT2D eigenvalue weighted by atomic mass is 16.5. The van der Waals surface area contributed by atoms with Crippen LogP contribution in [0.5, 0.6) is 5.75 Å². The molecule has 1 rings (SSSR count). The Kier molecular flexibility index (Phi) is 6.71. The van der Waals surface area contributed by atoms with E-state index in [1.807, 2.05) is 0 Å². The fourth-order valence-corrected chi connectivity index (χ4v) is 1.52. The van der Waals surface area contributed by atoms with Gasteiger partial charge in [-0.05, 0) is 6.07 Å². The number of rotatable bonds is 7. The minimum atomic E-state index is -1.27. The summed E-state index contributed by atoms with van der Waals surface area (Å²) in [7, 11) is 1.38. The molecule has 0 bridgehead atoms. The van der Waals surface area contributed by atoms with Crippen molar-refractivity contribution in [1.29, 1.82) is 0 Å². The van der Waals surface area contributed by atoms with Gasteiger partial charge in [0.15, 0.2) is 0 Å². The zero-order valence-electron chi connectivity index (χ0n) is 12.5. The molecule has 0 aliphatic heterocycles. The van der Waals surface area contributed by atoms with E-state index in [9.17, 15) is 19.2 Å². The molecule has 0 atom stereocenters. The summed E-state index contributed by atoms with van der Waals surface area (Å²) >= 11 is 0. The monoisotopic (exact) mass is 334 g/mol. The van der Waals surface area contributed by atoms with Crippen molar-refractivity contribution in [1.82, 2.24) is 0 Å². The van der Waals surface area contributed by atoms with Crippen molar-refractivity contribution in [3.8, 4) is 5.75 Å². The second-order valence-corrected chi connectivity index (χ2v) is 4.27. The van der Waals surface area contributed by atoms with Gasteiger partial charge in [0.05, 0.1) is 7.11 Å². The van der Waals surface area contributed by atoms with Gasteiger partial charge < -0.3 is 25.6 Å². The van der Waals surface area contributed by atoms with E-state index in [-0.39, 0.29) is 11.4 Å². The maximum absolute atomic E-state index is 11.6. The number of nitrogens with one attached hydrogen (secondary N) is 2. The van der Waals surface area contributed by atoms with Crippen molar-refractivity contribution in [2.24, 2.45) is 0 Å². The number of hydrogen-bond donors (Lipinski definition) is 4. The van der Waals surface area contributed by atoms with E-state index in [0.717, 1.165) is 12.2 Å². The first-order valence-electron chi connectivity index (χ1n) is 6.43. The quantitative estimate of drug-likeness (QED) is 0.541. The van der Waals surface area contributed by atoms with Gasteiger partial charge in [0, 0.05) is 47.8 Å². The Bertz CT molecular complexity index is 666. The van der Waals surface area contributed by atoms with E-state index in [1.165, 1.54) is 25.3 Å². The predicted molar refractivity (Wildman–Crippen MR) is 83.8 cm³/mol. The van der Waals surface area contributed by atoms with Gasteiger partial charge in [0.1, 0.15) is 5.75 Å². The van der Waals surface area contributed by atoms with Gasteiger partial charge in [-0.2, -0.15) is 0 Å². The fraction of sp³-hybridized carbons (Fsp3) is 0.0667. The molecule has 9 nitrogen and oxygen atoms in total. The maximum atomic E-state index is 11.6. The van der Waals surface area contributed by atoms with Crippen LogP contribution in [0.3, 0.4) is 0 Å². The fourth-order valence-electron chi connectivity index (χ4n) is 1.52. The molecule has 0 aliphatic carbocycles. The Hall–Kier alpha value is -3.62. The molecule has 1 aromatic rings. The molecule has 126 valence electrons. The summed E-state index contributed by atoms with van der Waals surface area (Å²) in [5.41, 5.74) is 0.485. The molecule has 0 fully saturated rings. The summed E-state index contributed by atoms with van der Waals surface area (Å²) < 4.78 is 5.03. The van der Waals surface area contributed by atoms with Crippen molar-refractivity contribution >= 4 is 35.1 Å². The minimum absolute atomic E-state index is 0.243. The molecule has 9 heteroatoms. The Morgan fingerprint density at radius 3 is 1.58 bits per heavy atom. The van der Waals surface area contributed by atoms with Crippen LogP contribution in [0.4, 0.5) is 11.4 Å². The zero-order valence-corrected chi connectivity index (χ0v) is 12.5. The van der Waals surface area contributed by atoms with Crippen LogP contribution in [0.15, 0.2) is 42.5 Å². The average Bonchev–Trinajstić information content (AvgIpc) is 2.50. The van der Waals surface area contributed by atoms with Crippen LogP contribution in [-0.4, -0.2) is 41.1 Å². The molecule has 0 unspecified atom stereocenters. The van der Waals surface area contributed by atoms with Gasteiger partial charge in [0.25, 0.3) is 0 Å². The molecule has 0 aliphatic rings. The molecule has 0 aromatic heterocycles. The maximum Gasteiger partial charge on any atom is 0.328 e. The van der Waals surface area contributed by atoms with Crippen molar-refractivity contribution in [3.63, 3.8) is 0 Å². The second-order valence-electron chi connectivity index (χ2n) is 4.27. The van der Waals surface area contributed by atoms with Crippen molar-refractivity contribution in [2.75, 3.05) is 17.7 Å². The van der Waals surface area contributed by atoms with Crippen LogP contribution < -0.4 is 15.4 Å². The van der Waals surface area contributed by atoms with E-state index >= 15 is 0 Å². The third kappa shape index (κ3) is 6.89. The molecule has 0 saturated carbocycles. The SMILES string of the molecule is COc1cc(NC(=O)/C=C\C(=O)O)cc(NC(=O)/C=C\C(=O)O)c1. The zero-order chi connectivity index (χ0) is 18.1. The van der Waals surface area contributed by atoms with Gasteiger partial charge in [-0.15, -0.1) is 0 Å². The Labute approximate surface area is 136 Å². The topological polar surface area (TPSA) is 142 Å². The molecule has 1 aromatic carbocycles. The molecule has 2 amide bonds. The number of carboxylic acid groups (broad SMARTS) is 2. The number of ether oxygens (including phenoxy) is 1. The largest absolute Gasteiger partial charge is 0.497 e. The highest BCUT2D eigenvalue weighted by molar-refractivity contribution is 6.04. The second kappa shape index (κ2) is 8.73. The van der Waals surface area contributed by atoms with Crippen LogP contribution in [0.1, 0.15) is 0 Å². The number of methoxy groups -OCH3 is 1. The lowest BCUT2D eigenvalue weighted by molar-refractivity contribution is -0.132. The van der Waals surface area contributed by atoms with Crippen LogP contribution >= 0.6 is 0 Å². The third-order valence-electron chi connectivity index (χ3n) is 2.43. The molecule has 4 N–H and O–H groups in total. The number of aliphatic carboxylic acids is 2. The average molecular weight is 334 g/mol. The van der Waals surface area contributed by atoms with Crippen LogP contribution in [0.2, 0.25) is 0 Å². The highest BCUT2D eigenvalue weighted by Crippen LogP contribution is 2.24. The lowest BCUT2D eigenvalue weighted by Crippen LogP contribution is -2.11. The van der Waals surface area contributed by atoms with Gasteiger partial charge in [-0.25, -0.2) is 9.59 Å². The summed E-state index contributed by atoms with van der Waals surface area (Å²) in [6.45, 7) is 0. The number of anilines is 2. The number of benzene rings is 1. The lowest BCUT2D eigenvalue weighted by atomic mass is 10.2. The number of amides is 2. The molecule has 0 saturated heterocycles. The normalized spacial score (nSPS) is 10.5. The van der Waals surface area contributed by atoms with Gasteiger partial charge >= 0.3 is 11.9 Å². The van der Waals surface area contributed by atoms with Gasteiger partial charge in [-0.1, -0.05) is 0 Å². The summed E-state index contributed by atoms with van der Waals surface area (Å²) in [6, 6.07) is 4.30. The van der Waals surface area contributed by atoms with E-state index in [2.05, 4.69) is 10.6 Å². The first-order chi connectivity index (χ1) is 11.3. The standard InChI is InChI=1S/C15H14N2O7/c1-24-11-7-9(16-12(18)2-4-14(20)21)6-10(8-11)17-13(19)3-5-15(22)23/h2-8H,1H3,(H,16,18)(H,17,19)(H,20,21)(H,22,23)/b4-2-,5-3-. The molecule has 0 heterocycles. The van der Waals surface area contributed by atoms with Gasteiger partial charge in [-0.3, -0.25) is 9.59 Å². The van der Waals surface area contributed by atoms with E-state index in [0.29, 0.717) is 17.9 Å². The molecule has 0 spiro atoms. The van der Waals surface area contributed by atoms with E-state index in [4.69, 9.17) is 14.9 Å². The summed E-state index contributed by atoms with van der Waals surface area (Å²) in [5.74, 6) is -3.60. The number of hydrogen-bond acceptors (Lipinski definition) is 5. The molecular formula is C15H14N2O7. The smallest absolute Gasteiger partial charge is 0.328 e. The van der Waals surface area contributed by atoms with Crippen LogP contribution in [0, 0.1) is 0 Å². The first kappa shape index (κ1) is 18.4. The Balaban J connectivity index is 2.91. The number of carboxylic acids is 2. The minimum Gasteiger partial charge on any atom is -0.497 e. The highest BCUT2D eigenvalue weighted by Gasteiger charge is 2.06. The molecular weight excluding hydrogens is 320 g/mol. The number of carbonyl (C=O) groups is 4. The summed E-state index contributed by atoms with van der Waals surface area (Å²) in [6.07, 6.45) is 3.01. The van der Waals surface area contributed by atoms with Crippen LogP contribution in [0.25, 0.3) is 0 Å². The predicted octanol–water partition coefficient (Wildman–Crippen LogP) is 0.854. The Morgan fingerprint density at radius 2 is 1.25 bits per heavy atom. The third-order valence-corrected chi connectivity index (χ3v) is 2.43. The Morgan fingerprint density at radius 1 is 0.833 bits per heavy atom. The first-order valence-corrected chi connectivity index (χ1v) is 6.43. The summed E-state index contributed by atoms with van der Waals surface area (Å²) in [4.78, 5) is 43.8. The van der Waals surface area contributed by atoms with Crippen molar-refractivity contribution in [3.05, 3.63) is 42.5 Å².